The third kappa shape index (κ3) is 1.69. The first-order valence-electron chi connectivity index (χ1n) is 5.81. The van der Waals surface area contributed by atoms with Crippen molar-refractivity contribution < 1.29 is 14.7 Å². The van der Waals surface area contributed by atoms with Crippen molar-refractivity contribution in [2.24, 2.45) is 17.6 Å². The summed E-state index contributed by atoms with van der Waals surface area (Å²) in [5, 5.41) is 9.23. The topological polar surface area (TPSA) is 83.6 Å². The van der Waals surface area contributed by atoms with E-state index < -0.39 is 18.1 Å². The number of carboxylic acid groups (broad SMARTS) is 1. The number of amides is 1. The first kappa shape index (κ1) is 11.4. The van der Waals surface area contributed by atoms with Gasteiger partial charge in [-0.15, -0.1) is 0 Å². The highest BCUT2D eigenvalue weighted by Gasteiger charge is 2.49. The van der Waals surface area contributed by atoms with Crippen LogP contribution in [0.3, 0.4) is 0 Å². The minimum Gasteiger partial charge on any atom is -0.480 e. The number of aliphatic carboxylic acids is 1. The quantitative estimate of drug-likeness (QED) is 0.696. The predicted molar refractivity (Wildman–Crippen MR) is 57.6 cm³/mol. The van der Waals surface area contributed by atoms with Gasteiger partial charge in [0.15, 0.2) is 0 Å². The van der Waals surface area contributed by atoms with E-state index in [0.29, 0.717) is 12.5 Å². The Kier molecular flexibility index (Phi) is 2.88. The van der Waals surface area contributed by atoms with Crippen molar-refractivity contribution in [1.29, 1.82) is 0 Å². The molecule has 1 amide bonds. The zero-order valence-electron chi connectivity index (χ0n) is 9.43. The number of carbonyl (C=O) groups excluding carboxylic acids is 1. The Hall–Kier alpha value is -1.10. The number of fused-ring (bicyclic) bond motifs is 1. The third-order valence-corrected chi connectivity index (χ3v) is 3.82. The van der Waals surface area contributed by atoms with Crippen LogP contribution in [0.4, 0.5) is 0 Å². The SMILES string of the molecule is CC(N)C(=O)N1CC2CCCC2C1C(=O)O. The molecule has 2 aliphatic rings. The predicted octanol–water partition coefficient (Wildman–Crippen LogP) is 0.0453. The third-order valence-electron chi connectivity index (χ3n) is 3.82. The van der Waals surface area contributed by atoms with Gasteiger partial charge in [-0.25, -0.2) is 4.79 Å². The van der Waals surface area contributed by atoms with E-state index in [1.54, 1.807) is 6.92 Å². The number of hydrogen-bond acceptors (Lipinski definition) is 3. The molecule has 0 aromatic heterocycles. The molecule has 0 spiro atoms. The highest BCUT2D eigenvalue weighted by Crippen LogP contribution is 2.42. The summed E-state index contributed by atoms with van der Waals surface area (Å²) < 4.78 is 0. The zero-order chi connectivity index (χ0) is 11.9. The molecule has 1 aliphatic carbocycles. The number of hydrogen-bond donors (Lipinski definition) is 2. The van der Waals surface area contributed by atoms with E-state index >= 15 is 0 Å². The van der Waals surface area contributed by atoms with Crippen molar-refractivity contribution in [2.45, 2.75) is 38.3 Å². The molecule has 0 aromatic rings. The number of nitrogens with two attached hydrogens (primary N) is 1. The van der Waals surface area contributed by atoms with Crippen molar-refractivity contribution in [2.75, 3.05) is 6.54 Å². The van der Waals surface area contributed by atoms with E-state index in [1.807, 2.05) is 0 Å². The number of rotatable bonds is 2. The highest BCUT2D eigenvalue weighted by atomic mass is 16.4. The van der Waals surface area contributed by atoms with Gasteiger partial charge in [0.25, 0.3) is 0 Å². The lowest BCUT2D eigenvalue weighted by atomic mass is 9.94. The van der Waals surface area contributed by atoms with E-state index in [4.69, 9.17) is 5.73 Å². The minimum absolute atomic E-state index is 0.139. The van der Waals surface area contributed by atoms with Gasteiger partial charge < -0.3 is 15.7 Å². The van der Waals surface area contributed by atoms with Gasteiger partial charge in [-0.2, -0.15) is 0 Å². The first-order chi connectivity index (χ1) is 7.52. The number of likely N-dealkylation sites (tertiary alicyclic amines) is 1. The van der Waals surface area contributed by atoms with Crippen molar-refractivity contribution in [3.63, 3.8) is 0 Å². The Labute approximate surface area is 94.6 Å². The standard InChI is InChI=1S/C11H18N2O3/c1-6(12)10(14)13-5-7-3-2-4-8(7)9(13)11(15)16/h6-9H,2-5,12H2,1H3,(H,15,16). The number of nitrogens with zero attached hydrogens (tertiary/aromatic N) is 1. The molecule has 1 saturated carbocycles. The maximum absolute atomic E-state index is 11.8. The van der Waals surface area contributed by atoms with Gasteiger partial charge >= 0.3 is 5.97 Å². The molecular weight excluding hydrogens is 208 g/mol. The molecule has 2 rings (SSSR count). The Balaban J connectivity index is 2.20. The fourth-order valence-corrected chi connectivity index (χ4v) is 3.11. The summed E-state index contributed by atoms with van der Waals surface area (Å²) in [6.45, 7) is 2.18. The Bertz CT molecular complexity index is 316. The summed E-state index contributed by atoms with van der Waals surface area (Å²) in [5.74, 6) is -0.616. The second-order valence-electron chi connectivity index (χ2n) is 4.92. The van der Waals surface area contributed by atoms with Gasteiger partial charge in [0.2, 0.25) is 5.91 Å². The Morgan fingerprint density at radius 3 is 2.69 bits per heavy atom. The molecule has 5 nitrogen and oxygen atoms in total. The fourth-order valence-electron chi connectivity index (χ4n) is 3.11. The molecule has 0 bridgehead atoms. The molecule has 5 heteroatoms. The van der Waals surface area contributed by atoms with Crippen molar-refractivity contribution in [3.05, 3.63) is 0 Å². The Morgan fingerprint density at radius 1 is 1.44 bits per heavy atom. The molecule has 3 N–H and O–H groups in total. The van der Waals surface area contributed by atoms with Crippen molar-refractivity contribution in [1.82, 2.24) is 4.90 Å². The minimum atomic E-state index is -0.886. The molecule has 4 atom stereocenters. The molecule has 90 valence electrons. The number of carbonyl (C=O) groups is 2. The molecule has 16 heavy (non-hydrogen) atoms. The smallest absolute Gasteiger partial charge is 0.326 e. The maximum Gasteiger partial charge on any atom is 0.326 e. The van der Waals surface area contributed by atoms with Crippen LogP contribution in [0, 0.1) is 11.8 Å². The van der Waals surface area contributed by atoms with Crippen LogP contribution in [0.15, 0.2) is 0 Å². The normalized spacial score (nSPS) is 34.9. The second kappa shape index (κ2) is 4.05. The van der Waals surface area contributed by atoms with Crippen LogP contribution in [0.5, 0.6) is 0 Å². The van der Waals surface area contributed by atoms with Gasteiger partial charge in [-0.1, -0.05) is 6.42 Å². The van der Waals surface area contributed by atoms with E-state index in [-0.39, 0.29) is 11.8 Å². The summed E-state index contributed by atoms with van der Waals surface area (Å²) in [4.78, 5) is 24.5. The van der Waals surface area contributed by atoms with Crippen LogP contribution >= 0.6 is 0 Å². The lowest BCUT2D eigenvalue weighted by Gasteiger charge is -2.25. The zero-order valence-corrected chi connectivity index (χ0v) is 9.43. The molecule has 1 heterocycles. The van der Waals surface area contributed by atoms with Crippen LogP contribution in [-0.2, 0) is 9.59 Å². The van der Waals surface area contributed by atoms with Crippen LogP contribution in [0.1, 0.15) is 26.2 Å². The summed E-state index contributed by atoms with van der Waals surface area (Å²) >= 11 is 0. The first-order valence-corrected chi connectivity index (χ1v) is 5.81. The van der Waals surface area contributed by atoms with E-state index in [0.717, 1.165) is 19.3 Å². The van der Waals surface area contributed by atoms with E-state index in [2.05, 4.69) is 0 Å². The Morgan fingerprint density at radius 2 is 2.12 bits per heavy atom. The van der Waals surface area contributed by atoms with Crippen LogP contribution in [0.2, 0.25) is 0 Å². The fraction of sp³-hybridized carbons (Fsp3) is 0.818. The average Bonchev–Trinajstić information content (AvgIpc) is 2.73. The monoisotopic (exact) mass is 226 g/mol. The van der Waals surface area contributed by atoms with Crippen LogP contribution in [-0.4, -0.2) is 40.5 Å². The number of carboxylic acids is 1. The summed E-state index contributed by atoms with van der Waals surface area (Å²) in [6, 6.07) is -1.26. The van der Waals surface area contributed by atoms with Crippen molar-refractivity contribution in [3.8, 4) is 0 Å². The highest BCUT2D eigenvalue weighted by molar-refractivity contribution is 5.87. The molecule has 0 radical (unpaired) electrons. The van der Waals surface area contributed by atoms with Gasteiger partial charge in [0.1, 0.15) is 6.04 Å². The lowest BCUT2D eigenvalue weighted by molar-refractivity contribution is -0.150. The molecule has 0 aromatic carbocycles. The van der Waals surface area contributed by atoms with Gasteiger partial charge in [-0.3, -0.25) is 4.79 Å². The summed E-state index contributed by atoms with van der Waals surface area (Å²) in [7, 11) is 0. The van der Waals surface area contributed by atoms with Crippen molar-refractivity contribution >= 4 is 11.9 Å². The summed E-state index contributed by atoms with van der Waals surface area (Å²) in [5.41, 5.74) is 5.54. The maximum atomic E-state index is 11.8. The molecular formula is C11H18N2O3. The van der Waals surface area contributed by atoms with Crippen LogP contribution < -0.4 is 5.73 Å². The average molecular weight is 226 g/mol. The van der Waals surface area contributed by atoms with Gasteiger partial charge in [-0.05, 0) is 31.6 Å². The lowest BCUT2D eigenvalue weighted by Crippen LogP contribution is -2.49. The molecule has 1 aliphatic heterocycles. The van der Waals surface area contributed by atoms with Gasteiger partial charge in [0.05, 0.1) is 6.04 Å². The van der Waals surface area contributed by atoms with E-state index in [9.17, 15) is 14.7 Å². The molecule has 2 fully saturated rings. The van der Waals surface area contributed by atoms with Crippen LogP contribution in [0.25, 0.3) is 0 Å². The second-order valence-corrected chi connectivity index (χ2v) is 4.92. The largest absolute Gasteiger partial charge is 0.480 e. The van der Waals surface area contributed by atoms with Gasteiger partial charge in [0, 0.05) is 6.54 Å². The molecule has 1 saturated heterocycles. The summed E-state index contributed by atoms with van der Waals surface area (Å²) in [6.07, 6.45) is 3.04. The van der Waals surface area contributed by atoms with E-state index in [1.165, 1.54) is 4.90 Å². The molecule has 4 unspecified atom stereocenters.